The number of amides is 3. The lowest BCUT2D eigenvalue weighted by atomic mass is 9.49. The summed E-state index contributed by atoms with van der Waals surface area (Å²) in [6.45, 7) is 0. The first-order valence-corrected chi connectivity index (χ1v) is 11.3. The molecule has 0 aromatic rings. The van der Waals surface area contributed by atoms with E-state index in [0.29, 0.717) is 0 Å². The number of hydrogen-bond acceptors (Lipinski definition) is 4. The summed E-state index contributed by atoms with van der Waals surface area (Å²) in [6.07, 6.45) is 10.9. The number of nitrogens with zero attached hydrogens (tertiary/aromatic N) is 1. The molecule has 4 bridgehead atoms. The Bertz CT molecular complexity index is 598. The predicted molar refractivity (Wildman–Crippen MR) is 99.5 cm³/mol. The lowest BCUT2D eigenvalue weighted by Gasteiger charge is -2.56. The SMILES string of the molecule is O=C1CSC(=O)N1[C@@H]1CCCC[C@H]1NC(=O)C12CC3CC(CC(C3)C1)C2. The second kappa shape index (κ2) is 6.25. The number of nitrogens with one attached hydrogen (secondary N) is 1. The average molecular weight is 377 g/mol. The van der Waals surface area contributed by atoms with Crippen LogP contribution in [0.25, 0.3) is 0 Å². The topological polar surface area (TPSA) is 66.5 Å². The van der Waals surface area contributed by atoms with Crippen molar-refractivity contribution >= 4 is 28.8 Å². The molecule has 0 aromatic carbocycles. The predicted octanol–water partition coefficient (Wildman–Crippen LogP) is 3.33. The standard InChI is InChI=1S/C20H28N2O3S/c23-17-11-26-19(25)22(17)16-4-2-1-3-15(16)21-18(24)20-8-12-5-13(9-20)7-14(6-12)10-20/h12-16H,1-11H2,(H,21,24)/t12?,13?,14?,15-,16-,20?/m1/s1. The molecule has 1 heterocycles. The van der Waals surface area contributed by atoms with Crippen LogP contribution in [0.4, 0.5) is 4.79 Å². The molecule has 5 saturated carbocycles. The highest BCUT2D eigenvalue weighted by molar-refractivity contribution is 8.14. The summed E-state index contributed by atoms with van der Waals surface area (Å²) in [5.41, 5.74) is -0.162. The van der Waals surface area contributed by atoms with Crippen LogP contribution in [0.3, 0.4) is 0 Å². The van der Waals surface area contributed by atoms with Gasteiger partial charge in [0.25, 0.3) is 5.24 Å². The minimum absolute atomic E-state index is 0.0594. The molecule has 6 fully saturated rings. The van der Waals surface area contributed by atoms with Gasteiger partial charge in [0.2, 0.25) is 11.8 Å². The zero-order valence-electron chi connectivity index (χ0n) is 15.2. The molecule has 0 aromatic heterocycles. The largest absolute Gasteiger partial charge is 0.351 e. The van der Waals surface area contributed by atoms with Crippen molar-refractivity contribution in [1.29, 1.82) is 0 Å². The van der Waals surface area contributed by atoms with Gasteiger partial charge in [-0.15, -0.1) is 0 Å². The number of carbonyl (C=O) groups is 3. The first-order valence-electron chi connectivity index (χ1n) is 10.3. The van der Waals surface area contributed by atoms with Gasteiger partial charge in [-0.05, 0) is 69.1 Å². The summed E-state index contributed by atoms with van der Waals surface area (Å²) in [6, 6.07) is -0.201. The Kier molecular flexibility index (Phi) is 4.11. The highest BCUT2D eigenvalue weighted by Gasteiger charge is 2.55. The Labute approximate surface area is 159 Å². The van der Waals surface area contributed by atoms with Crippen molar-refractivity contribution in [2.24, 2.45) is 23.2 Å². The molecule has 26 heavy (non-hydrogen) atoms. The van der Waals surface area contributed by atoms with Crippen molar-refractivity contribution in [1.82, 2.24) is 10.2 Å². The normalized spacial score (nSPS) is 44.6. The molecule has 5 aliphatic carbocycles. The van der Waals surface area contributed by atoms with E-state index in [1.165, 1.54) is 24.2 Å². The lowest BCUT2D eigenvalue weighted by Crippen LogP contribution is -2.60. The third kappa shape index (κ3) is 2.71. The molecule has 6 rings (SSSR count). The molecule has 1 aliphatic heterocycles. The van der Waals surface area contributed by atoms with Crippen molar-refractivity contribution in [3.05, 3.63) is 0 Å². The Balaban J connectivity index is 1.33. The van der Waals surface area contributed by atoms with E-state index in [9.17, 15) is 14.4 Å². The van der Waals surface area contributed by atoms with Crippen molar-refractivity contribution in [3.63, 3.8) is 0 Å². The van der Waals surface area contributed by atoms with Gasteiger partial charge in [-0.25, -0.2) is 0 Å². The zero-order valence-corrected chi connectivity index (χ0v) is 16.1. The quantitative estimate of drug-likeness (QED) is 0.820. The van der Waals surface area contributed by atoms with Crippen molar-refractivity contribution in [2.45, 2.75) is 76.3 Å². The second-order valence-electron chi connectivity index (χ2n) is 9.45. The number of carbonyl (C=O) groups excluding carboxylic acids is 3. The average Bonchev–Trinajstić information content (AvgIpc) is 2.93. The summed E-state index contributed by atoms with van der Waals surface area (Å²) >= 11 is 1.10. The highest BCUT2D eigenvalue weighted by atomic mass is 32.2. The van der Waals surface area contributed by atoms with Crippen LogP contribution in [0, 0.1) is 23.2 Å². The summed E-state index contributed by atoms with van der Waals surface area (Å²) in [7, 11) is 0. The first-order chi connectivity index (χ1) is 12.5. The maximum Gasteiger partial charge on any atom is 0.289 e. The lowest BCUT2D eigenvalue weighted by molar-refractivity contribution is -0.148. The van der Waals surface area contributed by atoms with Crippen LogP contribution in [0.2, 0.25) is 0 Å². The summed E-state index contributed by atoms with van der Waals surface area (Å²) in [5.74, 6) is 2.62. The Morgan fingerprint density at radius 2 is 1.62 bits per heavy atom. The Hall–Kier alpha value is -1.04. The fourth-order valence-corrected chi connectivity index (χ4v) is 7.75. The Morgan fingerprint density at radius 3 is 2.19 bits per heavy atom. The van der Waals surface area contributed by atoms with Crippen LogP contribution in [-0.2, 0) is 9.59 Å². The van der Waals surface area contributed by atoms with Crippen LogP contribution in [0.1, 0.15) is 64.2 Å². The molecule has 0 unspecified atom stereocenters. The molecule has 6 heteroatoms. The van der Waals surface area contributed by atoms with Gasteiger partial charge in [0.15, 0.2) is 0 Å². The molecule has 2 atom stereocenters. The van der Waals surface area contributed by atoms with E-state index in [-0.39, 0.29) is 40.3 Å². The number of thioether (sulfide) groups is 1. The second-order valence-corrected chi connectivity index (χ2v) is 10.4. The number of hydrogen-bond donors (Lipinski definition) is 1. The number of rotatable bonds is 3. The zero-order chi connectivity index (χ0) is 17.9. The van der Waals surface area contributed by atoms with Gasteiger partial charge in [0.05, 0.1) is 11.8 Å². The third-order valence-electron chi connectivity index (χ3n) is 7.68. The van der Waals surface area contributed by atoms with Gasteiger partial charge in [-0.3, -0.25) is 19.3 Å². The molecular formula is C20H28N2O3S. The molecule has 5 nitrogen and oxygen atoms in total. The fraction of sp³-hybridized carbons (Fsp3) is 0.850. The van der Waals surface area contributed by atoms with Crippen LogP contribution in [-0.4, -0.2) is 39.8 Å². The van der Waals surface area contributed by atoms with E-state index >= 15 is 0 Å². The van der Waals surface area contributed by atoms with Crippen molar-refractivity contribution in [2.75, 3.05) is 5.75 Å². The maximum absolute atomic E-state index is 13.4. The molecule has 0 spiro atoms. The third-order valence-corrected chi connectivity index (χ3v) is 8.52. The van der Waals surface area contributed by atoms with Gasteiger partial charge in [0.1, 0.15) is 0 Å². The van der Waals surface area contributed by atoms with E-state index in [4.69, 9.17) is 0 Å². The van der Waals surface area contributed by atoms with Crippen molar-refractivity contribution < 1.29 is 14.4 Å². The minimum atomic E-state index is -0.162. The first kappa shape index (κ1) is 17.1. The minimum Gasteiger partial charge on any atom is -0.351 e. The van der Waals surface area contributed by atoms with Gasteiger partial charge < -0.3 is 5.32 Å². The smallest absolute Gasteiger partial charge is 0.289 e. The molecule has 6 aliphatic rings. The molecule has 0 radical (unpaired) electrons. The molecule has 142 valence electrons. The van der Waals surface area contributed by atoms with E-state index in [1.807, 2.05) is 0 Å². The van der Waals surface area contributed by atoms with E-state index < -0.39 is 0 Å². The van der Waals surface area contributed by atoms with Gasteiger partial charge in [-0.2, -0.15) is 0 Å². The van der Waals surface area contributed by atoms with Gasteiger partial charge in [0, 0.05) is 11.5 Å². The van der Waals surface area contributed by atoms with Crippen LogP contribution in [0.5, 0.6) is 0 Å². The summed E-state index contributed by atoms with van der Waals surface area (Å²) in [5, 5.41) is 3.22. The summed E-state index contributed by atoms with van der Waals surface area (Å²) < 4.78 is 0. The maximum atomic E-state index is 13.4. The van der Waals surface area contributed by atoms with Gasteiger partial charge in [-0.1, -0.05) is 24.6 Å². The van der Waals surface area contributed by atoms with Crippen LogP contribution in [0.15, 0.2) is 0 Å². The molecule has 3 amide bonds. The molecule has 1 saturated heterocycles. The van der Waals surface area contributed by atoms with Crippen LogP contribution >= 0.6 is 11.8 Å². The monoisotopic (exact) mass is 376 g/mol. The highest BCUT2D eigenvalue weighted by Crippen LogP contribution is 2.60. The van der Waals surface area contributed by atoms with E-state index in [0.717, 1.165) is 74.5 Å². The van der Waals surface area contributed by atoms with Gasteiger partial charge >= 0.3 is 0 Å². The fourth-order valence-electron chi connectivity index (χ4n) is 6.98. The summed E-state index contributed by atoms with van der Waals surface area (Å²) in [4.78, 5) is 39.2. The molecular weight excluding hydrogens is 348 g/mol. The van der Waals surface area contributed by atoms with E-state index in [1.54, 1.807) is 0 Å². The Morgan fingerprint density at radius 1 is 1.00 bits per heavy atom. The van der Waals surface area contributed by atoms with Crippen molar-refractivity contribution in [3.8, 4) is 0 Å². The number of imide groups is 1. The molecule has 1 N–H and O–H groups in total. The van der Waals surface area contributed by atoms with E-state index in [2.05, 4.69) is 5.32 Å². The van der Waals surface area contributed by atoms with Crippen LogP contribution < -0.4 is 5.32 Å².